The van der Waals surface area contributed by atoms with Gasteiger partial charge in [-0.2, -0.15) is 0 Å². The minimum atomic E-state index is -0.319. The summed E-state index contributed by atoms with van der Waals surface area (Å²) in [5.41, 5.74) is 3.26. The lowest BCUT2D eigenvalue weighted by Crippen LogP contribution is -2.40. The Bertz CT molecular complexity index is 629. The van der Waals surface area contributed by atoms with Gasteiger partial charge in [0, 0.05) is 26.1 Å². The largest absolute Gasteiger partial charge is 0.355 e. The molecule has 1 aromatic rings. The average Bonchev–Trinajstić information content (AvgIpc) is 3.24. The van der Waals surface area contributed by atoms with Crippen LogP contribution in [-0.4, -0.2) is 36.3 Å². The lowest BCUT2D eigenvalue weighted by Gasteiger charge is -2.23. The molecule has 2 amide bonds. The molecule has 3 rings (SSSR count). The molecule has 0 spiro atoms. The van der Waals surface area contributed by atoms with Crippen LogP contribution in [0.15, 0.2) is 18.2 Å². The van der Waals surface area contributed by atoms with Gasteiger partial charge in [0.15, 0.2) is 0 Å². The molecule has 1 aliphatic heterocycles. The molecule has 24 heavy (non-hydrogen) atoms. The molecule has 1 N–H and O–H groups in total. The van der Waals surface area contributed by atoms with E-state index in [-0.39, 0.29) is 23.1 Å². The molecule has 1 heterocycles. The molecule has 130 valence electrons. The Morgan fingerprint density at radius 2 is 1.92 bits per heavy atom. The number of nitrogens with zero attached hydrogens (tertiary/aromatic N) is 1. The number of likely N-dealkylation sites (tertiary alicyclic amines) is 1. The number of nitrogens with one attached hydrogen (secondary N) is 1. The molecular formula is C20H28N2O2. The number of aryl methyl sites for hydroxylation is 2. The molecule has 0 bridgehead atoms. The zero-order chi connectivity index (χ0) is 17.3. The van der Waals surface area contributed by atoms with Crippen molar-refractivity contribution < 1.29 is 9.59 Å². The van der Waals surface area contributed by atoms with Crippen LogP contribution in [-0.2, 0) is 15.0 Å². The van der Waals surface area contributed by atoms with Gasteiger partial charge >= 0.3 is 0 Å². The monoisotopic (exact) mass is 328 g/mol. The van der Waals surface area contributed by atoms with E-state index in [0.29, 0.717) is 13.0 Å². The number of benzene rings is 1. The first kappa shape index (κ1) is 17.0. The maximum Gasteiger partial charge on any atom is 0.230 e. The predicted octanol–water partition coefficient (Wildman–Crippen LogP) is 2.71. The van der Waals surface area contributed by atoms with Gasteiger partial charge in [0.05, 0.1) is 5.41 Å². The quantitative estimate of drug-likeness (QED) is 0.873. The van der Waals surface area contributed by atoms with Crippen LogP contribution in [0.5, 0.6) is 0 Å². The van der Waals surface area contributed by atoms with Gasteiger partial charge in [0.25, 0.3) is 0 Å². The summed E-state index contributed by atoms with van der Waals surface area (Å²) in [6.07, 6.45) is 3.50. The normalized spacial score (nSPS) is 20.1. The molecule has 4 heteroatoms. The molecule has 0 radical (unpaired) electrons. The Morgan fingerprint density at radius 1 is 1.25 bits per heavy atom. The van der Waals surface area contributed by atoms with E-state index in [2.05, 4.69) is 44.3 Å². The summed E-state index contributed by atoms with van der Waals surface area (Å²) >= 11 is 0. The van der Waals surface area contributed by atoms with E-state index in [9.17, 15) is 9.59 Å². The lowest BCUT2D eigenvalue weighted by molar-refractivity contribution is -0.128. The van der Waals surface area contributed by atoms with Gasteiger partial charge < -0.3 is 10.2 Å². The Kier molecular flexibility index (Phi) is 4.66. The SMILES string of the molecule is Cc1cc(C)cc(C2(C(=O)NC[C@H](C)CN3CCCC3=O)CC2)c1. The van der Waals surface area contributed by atoms with Gasteiger partial charge in [0.1, 0.15) is 0 Å². The van der Waals surface area contributed by atoms with Gasteiger partial charge in [-0.05, 0) is 44.6 Å². The van der Waals surface area contributed by atoms with Crippen LogP contribution < -0.4 is 5.32 Å². The molecular weight excluding hydrogens is 300 g/mol. The number of hydrogen-bond acceptors (Lipinski definition) is 2. The van der Waals surface area contributed by atoms with Gasteiger partial charge in [-0.15, -0.1) is 0 Å². The second-order valence-corrected chi connectivity index (χ2v) is 7.72. The van der Waals surface area contributed by atoms with Gasteiger partial charge in [-0.25, -0.2) is 0 Å². The highest BCUT2D eigenvalue weighted by molar-refractivity contribution is 5.91. The van der Waals surface area contributed by atoms with Gasteiger partial charge in [-0.1, -0.05) is 36.2 Å². The molecule has 2 aliphatic rings. The molecule has 1 aromatic carbocycles. The summed E-state index contributed by atoms with van der Waals surface area (Å²) in [6, 6.07) is 6.43. The molecule has 1 saturated carbocycles. The van der Waals surface area contributed by atoms with Gasteiger partial charge in [0.2, 0.25) is 11.8 Å². The third-order valence-corrected chi connectivity index (χ3v) is 5.27. The maximum atomic E-state index is 12.8. The van der Waals surface area contributed by atoms with Crippen LogP contribution in [0, 0.1) is 19.8 Å². The third kappa shape index (κ3) is 3.47. The van der Waals surface area contributed by atoms with Crippen LogP contribution in [0.4, 0.5) is 0 Å². The number of carbonyl (C=O) groups is 2. The second kappa shape index (κ2) is 6.58. The van der Waals surface area contributed by atoms with Crippen LogP contribution in [0.25, 0.3) is 0 Å². The van der Waals surface area contributed by atoms with Gasteiger partial charge in [-0.3, -0.25) is 9.59 Å². The van der Waals surface area contributed by atoms with Crippen molar-refractivity contribution in [2.24, 2.45) is 5.92 Å². The summed E-state index contributed by atoms with van der Waals surface area (Å²) < 4.78 is 0. The maximum absolute atomic E-state index is 12.8. The topological polar surface area (TPSA) is 49.4 Å². The Balaban J connectivity index is 1.57. The highest BCUT2D eigenvalue weighted by Crippen LogP contribution is 2.48. The summed E-state index contributed by atoms with van der Waals surface area (Å²) in [6.45, 7) is 8.51. The first-order valence-electron chi connectivity index (χ1n) is 9.05. The highest BCUT2D eigenvalue weighted by atomic mass is 16.2. The van der Waals surface area contributed by atoms with E-state index in [4.69, 9.17) is 0 Å². The molecule has 1 atom stereocenters. The van der Waals surface area contributed by atoms with E-state index < -0.39 is 0 Å². The van der Waals surface area contributed by atoms with E-state index in [1.807, 2.05) is 4.90 Å². The van der Waals surface area contributed by atoms with E-state index in [1.54, 1.807) is 0 Å². The van der Waals surface area contributed by atoms with Crippen molar-refractivity contribution in [1.29, 1.82) is 0 Å². The van der Waals surface area contributed by atoms with E-state index in [0.717, 1.165) is 37.9 Å². The lowest BCUT2D eigenvalue weighted by atomic mass is 9.92. The first-order valence-corrected chi connectivity index (χ1v) is 9.05. The molecule has 1 saturated heterocycles. The fourth-order valence-corrected chi connectivity index (χ4v) is 3.80. The van der Waals surface area contributed by atoms with Crippen molar-refractivity contribution >= 4 is 11.8 Å². The summed E-state index contributed by atoms with van der Waals surface area (Å²) in [4.78, 5) is 26.4. The highest BCUT2D eigenvalue weighted by Gasteiger charge is 2.51. The summed E-state index contributed by atoms with van der Waals surface area (Å²) in [5, 5.41) is 3.13. The predicted molar refractivity (Wildman–Crippen MR) is 94.8 cm³/mol. The standard InChI is InChI=1S/C20H28N2O2/c1-14-9-15(2)11-17(10-14)20(6-7-20)19(24)21-12-16(3)13-22-8-4-5-18(22)23/h9-11,16H,4-8,12-13H2,1-3H3,(H,21,24)/t16-/m0/s1. The Labute approximate surface area is 144 Å². The number of carbonyl (C=O) groups excluding carboxylic acids is 2. The van der Waals surface area contributed by atoms with E-state index in [1.165, 1.54) is 11.1 Å². The summed E-state index contributed by atoms with van der Waals surface area (Å²) in [5.74, 6) is 0.681. The average molecular weight is 328 g/mol. The Morgan fingerprint density at radius 3 is 2.46 bits per heavy atom. The number of amides is 2. The van der Waals surface area contributed by atoms with Crippen LogP contribution >= 0.6 is 0 Å². The Hall–Kier alpha value is -1.84. The molecule has 0 aromatic heterocycles. The minimum Gasteiger partial charge on any atom is -0.355 e. The van der Waals surface area contributed by atoms with E-state index >= 15 is 0 Å². The van der Waals surface area contributed by atoms with Crippen molar-refractivity contribution in [2.75, 3.05) is 19.6 Å². The van der Waals surface area contributed by atoms with Crippen molar-refractivity contribution in [3.8, 4) is 0 Å². The van der Waals surface area contributed by atoms with Crippen molar-refractivity contribution in [2.45, 2.75) is 51.9 Å². The van der Waals surface area contributed by atoms with Crippen molar-refractivity contribution in [1.82, 2.24) is 10.2 Å². The number of hydrogen-bond donors (Lipinski definition) is 1. The second-order valence-electron chi connectivity index (χ2n) is 7.72. The van der Waals surface area contributed by atoms with Crippen molar-refractivity contribution in [3.63, 3.8) is 0 Å². The van der Waals surface area contributed by atoms with Crippen LogP contribution in [0.3, 0.4) is 0 Å². The third-order valence-electron chi connectivity index (χ3n) is 5.27. The molecule has 2 fully saturated rings. The van der Waals surface area contributed by atoms with Crippen LogP contribution in [0.1, 0.15) is 49.3 Å². The zero-order valence-corrected chi connectivity index (χ0v) is 15.0. The minimum absolute atomic E-state index is 0.145. The molecule has 4 nitrogen and oxygen atoms in total. The first-order chi connectivity index (χ1) is 11.4. The fraction of sp³-hybridized carbons (Fsp3) is 0.600. The summed E-state index contributed by atoms with van der Waals surface area (Å²) in [7, 11) is 0. The molecule has 0 unspecified atom stereocenters. The van der Waals surface area contributed by atoms with Crippen molar-refractivity contribution in [3.05, 3.63) is 34.9 Å². The fourth-order valence-electron chi connectivity index (χ4n) is 3.80. The zero-order valence-electron chi connectivity index (χ0n) is 15.0. The smallest absolute Gasteiger partial charge is 0.230 e. The molecule has 1 aliphatic carbocycles. The van der Waals surface area contributed by atoms with Crippen LogP contribution in [0.2, 0.25) is 0 Å². The number of rotatable bonds is 6.